The first kappa shape index (κ1) is 16.2. The van der Waals surface area contributed by atoms with Gasteiger partial charge in [0.05, 0.1) is 23.7 Å². The smallest absolute Gasteiger partial charge is 0.344 e. The van der Waals surface area contributed by atoms with Crippen LogP contribution in [-0.2, 0) is 9.53 Å². The van der Waals surface area contributed by atoms with Crippen LogP contribution in [0.1, 0.15) is 57.8 Å². The van der Waals surface area contributed by atoms with Crippen LogP contribution < -0.4 is 10.5 Å². The van der Waals surface area contributed by atoms with Crippen molar-refractivity contribution >= 4 is 11.7 Å². The van der Waals surface area contributed by atoms with Gasteiger partial charge in [-0.15, -0.1) is 0 Å². The Morgan fingerprint density at radius 1 is 1.15 bits per heavy atom. The highest BCUT2D eigenvalue weighted by Gasteiger charge is 2.18. The van der Waals surface area contributed by atoms with Crippen LogP contribution in [0.25, 0.3) is 0 Å². The fourth-order valence-electron chi connectivity index (χ4n) is 1.75. The summed E-state index contributed by atoms with van der Waals surface area (Å²) in [6.45, 7) is 9.85. The van der Waals surface area contributed by atoms with Gasteiger partial charge in [0.1, 0.15) is 0 Å². The summed E-state index contributed by atoms with van der Waals surface area (Å²) >= 11 is 0. The lowest BCUT2D eigenvalue weighted by molar-refractivity contribution is -0.145. The van der Waals surface area contributed by atoms with Crippen LogP contribution in [0.5, 0.6) is 6.01 Å². The van der Waals surface area contributed by atoms with Crippen LogP contribution in [-0.4, -0.2) is 29.2 Å². The number of carbonyl (C=O) groups is 1. The number of hydrogen-bond donors (Lipinski definition) is 1. The van der Waals surface area contributed by atoms with Crippen LogP contribution >= 0.6 is 0 Å². The van der Waals surface area contributed by atoms with Gasteiger partial charge >= 0.3 is 12.0 Å². The second-order valence-corrected chi connectivity index (χ2v) is 5.09. The SMILES string of the molecule is CCOC(=O)COc1nc(C(C)C)c(N)c(C(C)C)n1. The van der Waals surface area contributed by atoms with Crippen molar-refractivity contribution in [2.24, 2.45) is 0 Å². The van der Waals surface area contributed by atoms with Gasteiger partial charge in [-0.2, -0.15) is 9.97 Å². The predicted molar refractivity (Wildman–Crippen MR) is 76.8 cm³/mol. The second kappa shape index (κ2) is 7.07. The fraction of sp³-hybridized carbons (Fsp3) is 0.643. The minimum Gasteiger partial charge on any atom is -0.463 e. The molecule has 2 N–H and O–H groups in total. The summed E-state index contributed by atoms with van der Waals surface area (Å²) in [6.07, 6.45) is 0. The molecular formula is C14H23N3O3. The Morgan fingerprint density at radius 2 is 1.65 bits per heavy atom. The van der Waals surface area contributed by atoms with E-state index in [4.69, 9.17) is 15.2 Å². The Kier molecular flexibility index (Phi) is 5.73. The van der Waals surface area contributed by atoms with Gasteiger partial charge in [-0.1, -0.05) is 27.7 Å². The molecule has 112 valence electrons. The standard InChI is InChI=1S/C14H23N3O3/c1-6-19-10(18)7-20-14-16-12(8(2)3)11(15)13(17-14)9(4)5/h8-9H,6-7,15H2,1-5H3. The van der Waals surface area contributed by atoms with E-state index in [9.17, 15) is 4.79 Å². The second-order valence-electron chi connectivity index (χ2n) is 5.09. The number of nitrogens with two attached hydrogens (primary N) is 1. The van der Waals surface area contributed by atoms with Crippen molar-refractivity contribution in [1.82, 2.24) is 9.97 Å². The van der Waals surface area contributed by atoms with Crippen molar-refractivity contribution < 1.29 is 14.3 Å². The monoisotopic (exact) mass is 281 g/mol. The molecule has 6 heteroatoms. The summed E-state index contributed by atoms with van der Waals surface area (Å²) in [6, 6.07) is 0.166. The molecule has 1 aromatic heterocycles. The summed E-state index contributed by atoms with van der Waals surface area (Å²) in [7, 11) is 0. The van der Waals surface area contributed by atoms with Gasteiger partial charge in [0.25, 0.3) is 0 Å². The van der Waals surface area contributed by atoms with Crippen LogP contribution in [0.2, 0.25) is 0 Å². The molecule has 0 amide bonds. The Hall–Kier alpha value is -1.85. The minimum atomic E-state index is -0.440. The topological polar surface area (TPSA) is 87.3 Å². The quantitative estimate of drug-likeness (QED) is 0.805. The predicted octanol–water partition coefficient (Wildman–Crippen LogP) is 2.25. The number of nitrogens with zero attached hydrogens (tertiary/aromatic N) is 2. The molecule has 0 spiro atoms. The molecule has 0 aromatic carbocycles. The number of esters is 1. The molecule has 1 aromatic rings. The number of rotatable bonds is 6. The lowest BCUT2D eigenvalue weighted by atomic mass is 10.0. The molecule has 0 bridgehead atoms. The third-order valence-electron chi connectivity index (χ3n) is 2.70. The van der Waals surface area contributed by atoms with Crippen LogP contribution in [0.4, 0.5) is 5.69 Å². The van der Waals surface area contributed by atoms with Gasteiger partial charge in [0, 0.05) is 0 Å². The largest absolute Gasteiger partial charge is 0.463 e. The van der Waals surface area contributed by atoms with Crippen LogP contribution in [0, 0.1) is 0 Å². The molecule has 0 aliphatic carbocycles. The molecule has 0 fully saturated rings. The summed E-state index contributed by atoms with van der Waals surface area (Å²) in [5.74, 6) is -0.133. The van der Waals surface area contributed by atoms with Crippen molar-refractivity contribution in [1.29, 1.82) is 0 Å². The van der Waals surface area contributed by atoms with E-state index < -0.39 is 5.97 Å². The summed E-state index contributed by atoms with van der Waals surface area (Å²) in [5.41, 5.74) is 8.16. The number of hydrogen-bond acceptors (Lipinski definition) is 6. The zero-order valence-electron chi connectivity index (χ0n) is 12.8. The molecule has 6 nitrogen and oxygen atoms in total. The first-order valence-corrected chi connectivity index (χ1v) is 6.82. The van der Waals surface area contributed by atoms with Crippen molar-refractivity contribution in [3.8, 4) is 6.01 Å². The zero-order chi connectivity index (χ0) is 15.3. The molecule has 20 heavy (non-hydrogen) atoms. The van der Waals surface area contributed by atoms with Crippen molar-refractivity contribution in [3.63, 3.8) is 0 Å². The molecule has 0 saturated carbocycles. The molecule has 1 heterocycles. The number of nitrogen functional groups attached to an aromatic ring is 1. The highest BCUT2D eigenvalue weighted by atomic mass is 16.6. The van der Waals surface area contributed by atoms with Crippen molar-refractivity contribution in [2.75, 3.05) is 18.9 Å². The molecule has 0 saturated heterocycles. The van der Waals surface area contributed by atoms with Gasteiger partial charge in [-0.3, -0.25) is 0 Å². The van der Waals surface area contributed by atoms with Gasteiger partial charge < -0.3 is 15.2 Å². The highest BCUT2D eigenvalue weighted by molar-refractivity contribution is 5.70. The Morgan fingerprint density at radius 3 is 2.05 bits per heavy atom. The van der Waals surface area contributed by atoms with E-state index in [2.05, 4.69) is 9.97 Å². The molecule has 0 radical (unpaired) electrons. The van der Waals surface area contributed by atoms with E-state index in [1.54, 1.807) is 6.92 Å². The maximum atomic E-state index is 11.3. The molecule has 0 atom stereocenters. The summed E-state index contributed by atoms with van der Waals surface area (Å²) in [5, 5.41) is 0. The fourth-order valence-corrected chi connectivity index (χ4v) is 1.75. The van der Waals surface area contributed by atoms with E-state index in [-0.39, 0.29) is 24.5 Å². The maximum Gasteiger partial charge on any atom is 0.344 e. The third-order valence-corrected chi connectivity index (χ3v) is 2.70. The Bertz CT molecular complexity index is 444. The summed E-state index contributed by atoms with van der Waals surface area (Å²) < 4.78 is 10.1. The van der Waals surface area contributed by atoms with Crippen molar-refractivity contribution in [3.05, 3.63) is 11.4 Å². The number of carbonyl (C=O) groups excluding carboxylic acids is 1. The average Bonchev–Trinajstić information content (AvgIpc) is 2.37. The van der Waals surface area contributed by atoms with E-state index in [1.165, 1.54) is 0 Å². The van der Waals surface area contributed by atoms with Crippen LogP contribution in [0.3, 0.4) is 0 Å². The van der Waals surface area contributed by atoms with E-state index in [1.807, 2.05) is 27.7 Å². The van der Waals surface area contributed by atoms with Crippen molar-refractivity contribution in [2.45, 2.75) is 46.5 Å². The minimum absolute atomic E-state index is 0.153. The maximum absolute atomic E-state index is 11.3. The van der Waals surface area contributed by atoms with E-state index >= 15 is 0 Å². The number of anilines is 1. The summed E-state index contributed by atoms with van der Waals surface area (Å²) in [4.78, 5) is 19.9. The number of ether oxygens (including phenoxy) is 2. The lowest BCUT2D eigenvalue weighted by Crippen LogP contribution is -2.17. The van der Waals surface area contributed by atoms with E-state index in [0.717, 1.165) is 11.4 Å². The van der Waals surface area contributed by atoms with E-state index in [0.29, 0.717) is 12.3 Å². The first-order valence-electron chi connectivity index (χ1n) is 6.82. The zero-order valence-corrected chi connectivity index (χ0v) is 12.8. The van der Waals surface area contributed by atoms with Gasteiger partial charge in [0.2, 0.25) is 0 Å². The van der Waals surface area contributed by atoms with Gasteiger partial charge in [-0.05, 0) is 18.8 Å². The first-order chi connectivity index (χ1) is 9.36. The van der Waals surface area contributed by atoms with Crippen LogP contribution in [0.15, 0.2) is 0 Å². The molecular weight excluding hydrogens is 258 g/mol. The van der Waals surface area contributed by atoms with Gasteiger partial charge in [0.15, 0.2) is 6.61 Å². The molecule has 0 aliphatic rings. The normalized spacial score (nSPS) is 10.9. The highest BCUT2D eigenvalue weighted by Crippen LogP contribution is 2.28. The molecule has 0 aliphatic heterocycles. The number of aromatic nitrogens is 2. The molecule has 1 rings (SSSR count). The van der Waals surface area contributed by atoms with Gasteiger partial charge in [-0.25, -0.2) is 4.79 Å². The Labute approximate surface area is 119 Å². The third kappa shape index (κ3) is 4.08. The average molecular weight is 281 g/mol. The molecule has 0 unspecified atom stereocenters. The Balaban J connectivity index is 2.99. The lowest BCUT2D eigenvalue weighted by Gasteiger charge is -2.16.